The van der Waals surface area contributed by atoms with Gasteiger partial charge in [-0.2, -0.15) is 0 Å². The predicted molar refractivity (Wildman–Crippen MR) is 74.5 cm³/mol. The Morgan fingerprint density at radius 3 is 2.85 bits per heavy atom. The van der Waals surface area contributed by atoms with E-state index in [4.69, 9.17) is 15.2 Å². The minimum absolute atomic E-state index is 0.113. The van der Waals surface area contributed by atoms with E-state index in [2.05, 4.69) is 10.6 Å². The lowest BCUT2D eigenvalue weighted by molar-refractivity contribution is -0.122. The number of carbonyl (C=O) groups excluding carboxylic acids is 2. The molecule has 0 heterocycles. The molecule has 0 unspecified atom stereocenters. The minimum atomic E-state index is -0.513. The van der Waals surface area contributed by atoms with E-state index in [0.717, 1.165) is 0 Å². The van der Waals surface area contributed by atoms with Crippen LogP contribution in [0.4, 0.5) is 5.69 Å². The summed E-state index contributed by atoms with van der Waals surface area (Å²) < 4.78 is 10.0. The molecule has 0 radical (unpaired) electrons. The van der Waals surface area contributed by atoms with Gasteiger partial charge < -0.3 is 25.8 Å². The standard InChI is InChI=1S/C13H19N3O4/c1-19-11-4-2-3-10(7-11)16-13(18)8-15-5-6-20-9-12(14)17/h2-4,7,15H,5-6,8-9H2,1H3,(H2,14,17)(H,16,18). The molecule has 0 saturated carbocycles. The fraction of sp³-hybridized carbons (Fsp3) is 0.385. The summed E-state index contributed by atoms with van der Waals surface area (Å²) >= 11 is 0. The van der Waals surface area contributed by atoms with Crippen molar-refractivity contribution >= 4 is 17.5 Å². The first-order valence-corrected chi connectivity index (χ1v) is 6.12. The number of anilines is 1. The highest BCUT2D eigenvalue weighted by atomic mass is 16.5. The molecule has 1 aromatic rings. The third-order valence-electron chi connectivity index (χ3n) is 2.31. The van der Waals surface area contributed by atoms with Crippen LogP contribution in [-0.4, -0.2) is 45.2 Å². The fourth-order valence-electron chi connectivity index (χ4n) is 1.43. The Balaban J connectivity index is 2.18. The maximum absolute atomic E-state index is 11.6. The Labute approximate surface area is 117 Å². The Kier molecular flexibility index (Phi) is 7.08. The zero-order valence-corrected chi connectivity index (χ0v) is 11.3. The van der Waals surface area contributed by atoms with E-state index in [0.29, 0.717) is 24.6 Å². The van der Waals surface area contributed by atoms with E-state index in [1.807, 2.05) is 0 Å². The van der Waals surface area contributed by atoms with E-state index in [1.54, 1.807) is 31.4 Å². The van der Waals surface area contributed by atoms with Crippen molar-refractivity contribution in [3.05, 3.63) is 24.3 Å². The first-order chi connectivity index (χ1) is 9.61. The van der Waals surface area contributed by atoms with Crippen molar-refractivity contribution in [2.24, 2.45) is 5.73 Å². The molecule has 20 heavy (non-hydrogen) atoms. The number of hydrogen-bond acceptors (Lipinski definition) is 5. The molecule has 0 bridgehead atoms. The molecule has 0 aliphatic heterocycles. The molecule has 7 heteroatoms. The summed E-state index contributed by atoms with van der Waals surface area (Å²) in [5, 5.41) is 5.62. The molecule has 1 rings (SSSR count). The van der Waals surface area contributed by atoms with Crippen molar-refractivity contribution in [3.8, 4) is 5.75 Å². The van der Waals surface area contributed by atoms with Gasteiger partial charge in [0.1, 0.15) is 12.4 Å². The van der Waals surface area contributed by atoms with Crippen LogP contribution in [0.1, 0.15) is 0 Å². The quantitative estimate of drug-likeness (QED) is 0.540. The van der Waals surface area contributed by atoms with Crippen molar-refractivity contribution < 1.29 is 19.1 Å². The van der Waals surface area contributed by atoms with Gasteiger partial charge in [-0.15, -0.1) is 0 Å². The molecule has 0 aliphatic rings. The van der Waals surface area contributed by atoms with Crippen LogP contribution in [-0.2, 0) is 14.3 Å². The SMILES string of the molecule is COc1cccc(NC(=O)CNCCOCC(N)=O)c1. The van der Waals surface area contributed by atoms with Crippen LogP contribution in [0.2, 0.25) is 0 Å². The Bertz CT molecular complexity index is 451. The highest BCUT2D eigenvalue weighted by Gasteiger charge is 2.02. The second kappa shape index (κ2) is 8.89. The van der Waals surface area contributed by atoms with Gasteiger partial charge in [-0.25, -0.2) is 0 Å². The number of primary amides is 1. The topological polar surface area (TPSA) is 103 Å². The van der Waals surface area contributed by atoms with E-state index in [9.17, 15) is 9.59 Å². The van der Waals surface area contributed by atoms with Gasteiger partial charge in [-0.3, -0.25) is 9.59 Å². The maximum atomic E-state index is 11.6. The minimum Gasteiger partial charge on any atom is -0.497 e. The number of methoxy groups -OCH3 is 1. The van der Waals surface area contributed by atoms with Gasteiger partial charge in [-0.05, 0) is 12.1 Å². The predicted octanol–water partition coefficient (Wildman–Crippen LogP) is -0.275. The Morgan fingerprint density at radius 1 is 1.35 bits per heavy atom. The van der Waals surface area contributed by atoms with Gasteiger partial charge in [0, 0.05) is 18.3 Å². The molecule has 0 aromatic heterocycles. The van der Waals surface area contributed by atoms with E-state index < -0.39 is 5.91 Å². The summed E-state index contributed by atoms with van der Waals surface area (Å²) in [7, 11) is 1.56. The van der Waals surface area contributed by atoms with Crippen LogP contribution in [0.25, 0.3) is 0 Å². The molecular formula is C13H19N3O4. The summed E-state index contributed by atoms with van der Waals surface area (Å²) in [6.07, 6.45) is 0. The van der Waals surface area contributed by atoms with Gasteiger partial charge in [-0.1, -0.05) is 6.07 Å². The lowest BCUT2D eigenvalue weighted by Crippen LogP contribution is -2.31. The molecule has 4 N–H and O–H groups in total. The molecule has 0 spiro atoms. The Morgan fingerprint density at radius 2 is 2.15 bits per heavy atom. The average Bonchev–Trinajstić information content (AvgIpc) is 2.42. The van der Waals surface area contributed by atoms with Crippen LogP contribution in [0.15, 0.2) is 24.3 Å². The molecule has 0 atom stereocenters. The van der Waals surface area contributed by atoms with Crippen molar-refractivity contribution in [1.29, 1.82) is 0 Å². The van der Waals surface area contributed by atoms with Crippen LogP contribution in [0, 0.1) is 0 Å². The highest BCUT2D eigenvalue weighted by Crippen LogP contribution is 2.16. The van der Waals surface area contributed by atoms with Gasteiger partial charge in [0.15, 0.2) is 0 Å². The number of rotatable bonds is 9. The van der Waals surface area contributed by atoms with Crippen LogP contribution >= 0.6 is 0 Å². The molecular weight excluding hydrogens is 262 g/mol. The van der Waals surface area contributed by atoms with Crippen LogP contribution < -0.4 is 21.1 Å². The molecule has 110 valence electrons. The third-order valence-corrected chi connectivity index (χ3v) is 2.31. The average molecular weight is 281 g/mol. The monoisotopic (exact) mass is 281 g/mol. The molecule has 1 aromatic carbocycles. The Hall–Kier alpha value is -2.12. The van der Waals surface area contributed by atoms with Gasteiger partial charge >= 0.3 is 0 Å². The zero-order valence-electron chi connectivity index (χ0n) is 11.3. The maximum Gasteiger partial charge on any atom is 0.243 e. The van der Waals surface area contributed by atoms with Crippen molar-refractivity contribution in [3.63, 3.8) is 0 Å². The molecule has 7 nitrogen and oxygen atoms in total. The first kappa shape index (κ1) is 15.9. The summed E-state index contributed by atoms with van der Waals surface area (Å²) in [5.74, 6) is -0.00969. The second-order valence-corrected chi connectivity index (χ2v) is 3.98. The summed E-state index contributed by atoms with van der Waals surface area (Å²) in [5.41, 5.74) is 5.57. The number of hydrogen-bond donors (Lipinski definition) is 3. The van der Waals surface area contributed by atoms with Crippen molar-refractivity contribution in [2.75, 3.05) is 38.7 Å². The van der Waals surface area contributed by atoms with Crippen molar-refractivity contribution in [2.45, 2.75) is 0 Å². The highest BCUT2D eigenvalue weighted by molar-refractivity contribution is 5.92. The zero-order chi connectivity index (χ0) is 14.8. The first-order valence-electron chi connectivity index (χ1n) is 6.12. The van der Waals surface area contributed by atoms with Crippen LogP contribution in [0.3, 0.4) is 0 Å². The summed E-state index contributed by atoms with van der Waals surface area (Å²) in [6, 6.07) is 7.09. The van der Waals surface area contributed by atoms with Crippen LogP contribution in [0.5, 0.6) is 5.75 Å². The van der Waals surface area contributed by atoms with Gasteiger partial charge in [0.2, 0.25) is 11.8 Å². The van der Waals surface area contributed by atoms with Gasteiger partial charge in [0.25, 0.3) is 0 Å². The normalized spacial score (nSPS) is 10.1. The number of nitrogens with one attached hydrogen (secondary N) is 2. The molecule has 0 aliphatic carbocycles. The molecule has 0 saturated heterocycles. The summed E-state index contributed by atoms with van der Waals surface area (Å²) in [6.45, 7) is 0.809. The lowest BCUT2D eigenvalue weighted by Gasteiger charge is -2.08. The fourth-order valence-corrected chi connectivity index (χ4v) is 1.43. The van der Waals surface area contributed by atoms with E-state index in [1.165, 1.54) is 0 Å². The number of amides is 2. The molecule has 2 amide bonds. The largest absolute Gasteiger partial charge is 0.497 e. The smallest absolute Gasteiger partial charge is 0.243 e. The molecule has 0 fully saturated rings. The van der Waals surface area contributed by atoms with E-state index in [-0.39, 0.29) is 19.1 Å². The lowest BCUT2D eigenvalue weighted by atomic mass is 10.3. The number of nitrogens with two attached hydrogens (primary N) is 1. The van der Waals surface area contributed by atoms with Gasteiger partial charge in [0.05, 0.1) is 20.3 Å². The number of carbonyl (C=O) groups is 2. The summed E-state index contributed by atoms with van der Waals surface area (Å²) in [4.78, 5) is 22.0. The third kappa shape index (κ3) is 6.72. The number of ether oxygens (including phenoxy) is 2. The van der Waals surface area contributed by atoms with E-state index >= 15 is 0 Å². The second-order valence-electron chi connectivity index (χ2n) is 3.98. The number of benzene rings is 1. The van der Waals surface area contributed by atoms with Crippen molar-refractivity contribution in [1.82, 2.24) is 5.32 Å².